The van der Waals surface area contributed by atoms with Gasteiger partial charge in [0.25, 0.3) is 0 Å². The fraction of sp³-hybridized carbons (Fsp3) is 1.00. The van der Waals surface area contributed by atoms with Crippen molar-refractivity contribution in [2.24, 2.45) is 22.2 Å². The van der Waals surface area contributed by atoms with Crippen LogP contribution in [0, 0.1) is 22.2 Å². The zero-order chi connectivity index (χ0) is 18.6. The molecule has 1 atom stereocenters. The molecule has 0 aromatic carbocycles. The number of ether oxygens (including phenoxy) is 1. The van der Waals surface area contributed by atoms with Crippen LogP contribution in [-0.2, 0) is 4.74 Å². The van der Waals surface area contributed by atoms with E-state index in [1.54, 1.807) is 0 Å². The minimum Gasteiger partial charge on any atom is -0.375 e. The Balaban J connectivity index is 2.36. The molecule has 1 saturated carbocycles. The highest BCUT2D eigenvalue weighted by Gasteiger charge is 2.33. The summed E-state index contributed by atoms with van der Waals surface area (Å²) in [6.07, 6.45) is 11.2. The molecule has 24 heavy (non-hydrogen) atoms. The lowest BCUT2D eigenvalue weighted by Gasteiger charge is -2.40. The molecule has 0 aliphatic heterocycles. The van der Waals surface area contributed by atoms with Gasteiger partial charge in [0.2, 0.25) is 0 Å². The molecule has 0 bridgehead atoms. The van der Waals surface area contributed by atoms with Crippen molar-refractivity contribution in [3.05, 3.63) is 0 Å². The van der Waals surface area contributed by atoms with Gasteiger partial charge in [-0.15, -0.1) is 0 Å². The highest BCUT2D eigenvalue weighted by atomic mass is 16.5. The first-order valence-corrected chi connectivity index (χ1v) is 10.5. The molecule has 1 aliphatic rings. The van der Waals surface area contributed by atoms with Crippen LogP contribution in [0.2, 0.25) is 0 Å². The van der Waals surface area contributed by atoms with Crippen molar-refractivity contribution in [3.63, 3.8) is 0 Å². The average Bonchev–Trinajstić information content (AvgIpc) is 2.44. The summed E-state index contributed by atoms with van der Waals surface area (Å²) in [5.41, 5.74) is 1.24. The standard InChI is InChI=1S/C23H46O/c1-10-19(12-11-17-23(8,9)22(5,6)7)24-20-15-13-18(14-16-20)21(2,3)4/h18-20H,10-17H2,1-9H3. The van der Waals surface area contributed by atoms with E-state index in [2.05, 4.69) is 62.3 Å². The Morgan fingerprint density at radius 3 is 1.83 bits per heavy atom. The van der Waals surface area contributed by atoms with E-state index in [1.165, 1.54) is 44.9 Å². The van der Waals surface area contributed by atoms with Crippen molar-refractivity contribution >= 4 is 0 Å². The fourth-order valence-electron chi connectivity index (χ4n) is 3.85. The second kappa shape index (κ2) is 8.56. The van der Waals surface area contributed by atoms with E-state index in [0.29, 0.717) is 28.5 Å². The van der Waals surface area contributed by atoms with Crippen LogP contribution in [0.1, 0.15) is 114 Å². The third kappa shape index (κ3) is 6.70. The summed E-state index contributed by atoms with van der Waals surface area (Å²) in [4.78, 5) is 0. The molecule has 0 spiro atoms. The lowest BCUT2D eigenvalue weighted by Crippen LogP contribution is -2.32. The molecule has 0 aromatic rings. The van der Waals surface area contributed by atoms with Crippen molar-refractivity contribution in [1.82, 2.24) is 0 Å². The van der Waals surface area contributed by atoms with Crippen LogP contribution in [0.25, 0.3) is 0 Å². The van der Waals surface area contributed by atoms with Crippen LogP contribution >= 0.6 is 0 Å². The first-order chi connectivity index (χ1) is 10.9. The molecule has 0 aromatic heterocycles. The lowest BCUT2D eigenvalue weighted by molar-refractivity contribution is -0.0510. The molecule has 1 rings (SSSR count). The summed E-state index contributed by atoms with van der Waals surface area (Å²) >= 11 is 0. The Morgan fingerprint density at radius 2 is 1.42 bits per heavy atom. The Hall–Kier alpha value is -0.0400. The minimum absolute atomic E-state index is 0.376. The van der Waals surface area contributed by atoms with Gasteiger partial charge in [-0.1, -0.05) is 68.7 Å². The van der Waals surface area contributed by atoms with Gasteiger partial charge < -0.3 is 4.74 Å². The van der Waals surface area contributed by atoms with Crippen LogP contribution in [0.15, 0.2) is 0 Å². The molecule has 1 aliphatic carbocycles. The molecular weight excluding hydrogens is 292 g/mol. The van der Waals surface area contributed by atoms with Gasteiger partial charge in [0.05, 0.1) is 12.2 Å². The van der Waals surface area contributed by atoms with Crippen LogP contribution in [0.4, 0.5) is 0 Å². The average molecular weight is 339 g/mol. The molecule has 1 unspecified atom stereocenters. The van der Waals surface area contributed by atoms with Crippen LogP contribution < -0.4 is 0 Å². The molecule has 0 heterocycles. The molecule has 1 fully saturated rings. The summed E-state index contributed by atoms with van der Waals surface area (Å²) in [6, 6.07) is 0. The monoisotopic (exact) mass is 338 g/mol. The molecule has 0 radical (unpaired) electrons. The summed E-state index contributed by atoms with van der Waals surface area (Å²) in [7, 11) is 0. The lowest BCUT2D eigenvalue weighted by atomic mass is 9.66. The second-order valence-corrected chi connectivity index (χ2v) is 11.0. The fourth-order valence-corrected chi connectivity index (χ4v) is 3.85. The van der Waals surface area contributed by atoms with Crippen LogP contribution in [-0.4, -0.2) is 12.2 Å². The molecule has 0 N–H and O–H groups in total. The predicted octanol–water partition coefficient (Wildman–Crippen LogP) is 7.63. The van der Waals surface area contributed by atoms with Crippen molar-refractivity contribution < 1.29 is 4.74 Å². The van der Waals surface area contributed by atoms with Gasteiger partial charge in [0.1, 0.15) is 0 Å². The number of hydrogen-bond donors (Lipinski definition) is 0. The molecule has 144 valence electrons. The maximum Gasteiger partial charge on any atom is 0.0579 e. The zero-order valence-corrected chi connectivity index (χ0v) is 18.3. The van der Waals surface area contributed by atoms with Crippen molar-refractivity contribution in [1.29, 1.82) is 0 Å². The Labute approximate surface area is 153 Å². The quantitative estimate of drug-likeness (QED) is 0.463. The third-order valence-corrected chi connectivity index (χ3v) is 7.10. The van der Waals surface area contributed by atoms with Crippen LogP contribution in [0.3, 0.4) is 0 Å². The van der Waals surface area contributed by atoms with Gasteiger partial charge in [-0.3, -0.25) is 0 Å². The maximum absolute atomic E-state index is 6.50. The Bertz CT molecular complexity index is 347. The summed E-state index contributed by atoms with van der Waals surface area (Å²) in [5.74, 6) is 0.880. The van der Waals surface area contributed by atoms with E-state index in [0.717, 1.165) is 12.3 Å². The number of rotatable bonds is 7. The van der Waals surface area contributed by atoms with Crippen molar-refractivity contribution in [2.75, 3.05) is 0 Å². The molecule has 0 saturated heterocycles. The molecule has 1 heteroatoms. The maximum atomic E-state index is 6.50. The van der Waals surface area contributed by atoms with Crippen molar-refractivity contribution in [2.45, 2.75) is 126 Å². The van der Waals surface area contributed by atoms with Gasteiger partial charge in [-0.25, -0.2) is 0 Å². The van der Waals surface area contributed by atoms with E-state index in [-0.39, 0.29) is 0 Å². The van der Waals surface area contributed by atoms with Gasteiger partial charge in [0.15, 0.2) is 0 Å². The molecule has 1 nitrogen and oxygen atoms in total. The first kappa shape index (κ1) is 22.0. The Morgan fingerprint density at radius 1 is 0.875 bits per heavy atom. The largest absolute Gasteiger partial charge is 0.375 e. The highest BCUT2D eigenvalue weighted by Crippen LogP contribution is 2.42. The van der Waals surface area contributed by atoms with Crippen LogP contribution in [0.5, 0.6) is 0 Å². The second-order valence-electron chi connectivity index (χ2n) is 11.0. The first-order valence-electron chi connectivity index (χ1n) is 10.5. The SMILES string of the molecule is CCC(CCCC(C)(C)C(C)(C)C)OC1CCC(C(C)(C)C)CC1. The summed E-state index contributed by atoms with van der Waals surface area (Å²) < 4.78 is 6.50. The zero-order valence-electron chi connectivity index (χ0n) is 18.3. The Kier molecular flexibility index (Phi) is 7.85. The van der Waals surface area contributed by atoms with E-state index >= 15 is 0 Å². The smallest absolute Gasteiger partial charge is 0.0579 e. The third-order valence-electron chi connectivity index (χ3n) is 7.10. The van der Waals surface area contributed by atoms with Gasteiger partial charge >= 0.3 is 0 Å². The van der Waals surface area contributed by atoms with Gasteiger partial charge in [-0.05, 0) is 67.1 Å². The van der Waals surface area contributed by atoms with Gasteiger partial charge in [-0.2, -0.15) is 0 Å². The van der Waals surface area contributed by atoms with E-state index < -0.39 is 0 Å². The predicted molar refractivity (Wildman–Crippen MR) is 107 cm³/mol. The van der Waals surface area contributed by atoms with E-state index in [4.69, 9.17) is 4.74 Å². The van der Waals surface area contributed by atoms with E-state index in [9.17, 15) is 0 Å². The molecular formula is C23H46O. The molecule has 0 amide bonds. The summed E-state index contributed by atoms with van der Waals surface area (Å²) in [6.45, 7) is 21.4. The van der Waals surface area contributed by atoms with E-state index in [1.807, 2.05) is 0 Å². The normalized spacial score (nSPS) is 24.9. The van der Waals surface area contributed by atoms with Crippen molar-refractivity contribution in [3.8, 4) is 0 Å². The number of hydrogen-bond acceptors (Lipinski definition) is 1. The summed E-state index contributed by atoms with van der Waals surface area (Å²) in [5, 5.41) is 0. The minimum atomic E-state index is 0.376. The topological polar surface area (TPSA) is 9.23 Å². The van der Waals surface area contributed by atoms with Gasteiger partial charge in [0, 0.05) is 0 Å². The highest BCUT2D eigenvalue weighted by molar-refractivity contribution is 4.83.